The summed E-state index contributed by atoms with van der Waals surface area (Å²) in [5.74, 6) is 0. The van der Waals surface area contributed by atoms with E-state index >= 15 is 0 Å². The van der Waals surface area contributed by atoms with Crippen molar-refractivity contribution in [3.63, 3.8) is 0 Å². The fraction of sp³-hybridized carbons (Fsp3) is 0.533. The highest BCUT2D eigenvalue weighted by Gasteiger charge is 2.34. The second-order valence-corrected chi connectivity index (χ2v) is 4.78. The molecule has 0 bridgehead atoms. The SMILES string of the molecule is CCOCCC1(C#N)CCc2ccccc2C1. The molecule has 17 heavy (non-hydrogen) atoms. The van der Waals surface area contributed by atoms with Gasteiger partial charge in [0.15, 0.2) is 0 Å². The van der Waals surface area contributed by atoms with Crippen LogP contribution in [0, 0.1) is 16.7 Å². The molecule has 0 fully saturated rings. The van der Waals surface area contributed by atoms with Crippen molar-refractivity contribution in [2.75, 3.05) is 13.2 Å². The van der Waals surface area contributed by atoms with Crippen LogP contribution in [0.15, 0.2) is 24.3 Å². The zero-order valence-electron chi connectivity index (χ0n) is 10.4. The van der Waals surface area contributed by atoms with Crippen LogP contribution in [0.3, 0.4) is 0 Å². The Balaban J connectivity index is 2.10. The van der Waals surface area contributed by atoms with E-state index in [0.717, 1.165) is 32.3 Å². The number of hydrogen-bond donors (Lipinski definition) is 0. The Morgan fingerprint density at radius 1 is 1.35 bits per heavy atom. The molecule has 0 saturated carbocycles. The van der Waals surface area contributed by atoms with Gasteiger partial charge in [-0.25, -0.2) is 0 Å². The van der Waals surface area contributed by atoms with Crippen molar-refractivity contribution in [3.8, 4) is 6.07 Å². The third-order valence-electron chi connectivity index (χ3n) is 3.69. The summed E-state index contributed by atoms with van der Waals surface area (Å²) < 4.78 is 5.40. The molecule has 1 aromatic carbocycles. The molecular formula is C15H19NO. The molecule has 0 heterocycles. The summed E-state index contributed by atoms with van der Waals surface area (Å²) in [5.41, 5.74) is 2.55. The molecule has 1 aromatic rings. The zero-order valence-corrected chi connectivity index (χ0v) is 10.4. The van der Waals surface area contributed by atoms with Crippen LogP contribution in [0.4, 0.5) is 0 Å². The van der Waals surface area contributed by atoms with E-state index in [-0.39, 0.29) is 5.41 Å². The lowest BCUT2D eigenvalue weighted by Crippen LogP contribution is -2.29. The first-order valence-electron chi connectivity index (χ1n) is 6.35. The molecule has 0 spiro atoms. The minimum absolute atomic E-state index is 0.205. The fourth-order valence-electron chi connectivity index (χ4n) is 2.58. The Kier molecular flexibility index (Phi) is 3.81. The smallest absolute Gasteiger partial charge is 0.0694 e. The van der Waals surface area contributed by atoms with Gasteiger partial charge in [-0.3, -0.25) is 0 Å². The Hall–Kier alpha value is -1.33. The van der Waals surface area contributed by atoms with Gasteiger partial charge >= 0.3 is 0 Å². The molecule has 0 aliphatic heterocycles. The molecule has 90 valence electrons. The van der Waals surface area contributed by atoms with Crippen LogP contribution >= 0.6 is 0 Å². The van der Waals surface area contributed by atoms with Gasteiger partial charge in [-0.2, -0.15) is 5.26 Å². The van der Waals surface area contributed by atoms with Gasteiger partial charge in [0.25, 0.3) is 0 Å². The van der Waals surface area contributed by atoms with Crippen LogP contribution in [-0.2, 0) is 17.6 Å². The molecule has 1 aliphatic rings. The summed E-state index contributed by atoms with van der Waals surface area (Å²) >= 11 is 0. The number of ether oxygens (including phenoxy) is 1. The molecule has 0 radical (unpaired) electrons. The first-order chi connectivity index (χ1) is 8.29. The van der Waals surface area contributed by atoms with Crippen LogP contribution in [0.2, 0.25) is 0 Å². The third-order valence-corrected chi connectivity index (χ3v) is 3.69. The van der Waals surface area contributed by atoms with E-state index in [1.807, 2.05) is 6.92 Å². The molecule has 0 aromatic heterocycles. The summed E-state index contributed by atoms with van der Waals surface area (Å²) in [6, 6.07) is 11.0. The largest absolute Gasteiger partial charge is 0.382 e. The Morgan fingerprint density at radius 2 is 2.12 bits per heavy atom. The molecular weight excluding hydrogens is 210 g/mol. The van der Waals surface area contributed by atoms with Gasteiger partial charge in [0, 0.05) is 13.2 Å². The molecule has 1 unspecified atom stereocenters. The van der Waals surface area contributed by atoms with Crippen LogP contribution in [0.25, 0.3) is 0 Å². The van der Waals surface area contributed by atoms with E-state index in [4.69, 9.17) is 4.74 Å². The van der Waals surface area contributed by atoms with E-state index in [2.05, 4.69) is 30.3 Å². The normalized spacial score (nSPS) is 22.8. The average Bonchev–Trinajstić information content (AvgIpc) is 2.39. The van der Waals surface area contributed by atoms with Gasteiger partial charge in [0.1, 0.15) is 0 Å². The van der Waals surface area contributed by atoms with E-state index in [1.54, 1.807) is 0 Å². The molecule has 0 amide bonds. The second-order valence-electron chi connectivity index (χ2n) is 4.78. The molecule has 0 saturated heterocycles. The van der Waals surface area contributed by atoms with Crippen molar-refractivity contribution in [3.05, 3.63) is 35.4 Å². The van der Waals surface area contributed by atoms with Gasteiger partial charge < -0.3 is 4.74 Å². The Morgan fingerprint density at radius 3 is 2.82 bits per heavy atom. The standard InChI is InChI=1S/C15H19NO/c1-2-17-10-9-15(12-16)8-7-13-5-3-4-6-14(13)11-15/h3-6H,2,7-11H2,1H3. The Bertz CT molecular complexity index is 421. The van der Waals surface area contributed by atoms with E-state index in [1.165, 1.54) is 11.1 Å². The molecule has 1 aliphatic carbocycles. The van der Waals surface area contributed by atoms with Crippen molar-refractivity contribution in [2.45, 2.75) is 32.6 Å². The van der Waals surface area contributed by atoms with Crippen molar-refractivity contribution in [2.24, 2.45) is 5.41 Å². The van der Waals surface area contributed by atoms with Crippen molar-refractivity contribution in [1.82, 2.24) is 0 Å². The van der Waals surface area contributed by atoms with Gasteiger partial charge in [-0.1, -0.05) is 24.3 Å². The fourth-order valence-corrected chi connectivity index (χ4v) is 2.58. The highest BCUT2D eigenvalue weighted by molar-refractivity contribution is 5.32. The monoisotopic (exact) mass is 229 g/mol. The summed E-state index contributed by atoms with van der Waals surface area (Å²) in [6.07, 6.45) is 3.72. The lowest BCUT2D eigenvalue weighted by atomic mass is 9.71. The summed E-state index contributed by atoms with van der Waals surface area (Å²) in [6.45, 7) is 3.43. The lowest BCUT2D eigenvalue weighted by Gasteiger charge is -2.32. The average molecular weight is 229 g/mol. The van der Waals surface area contributed by atoms with E-state index in [9.17, 15) is 5.26 Å². The van der Waals surface area contributed by atoms with E-state index < -0.39 is 0 Å². The number of hydrogen-bond acceptors (Lipinski definition) is 2. The van der Waals surface area contributed by atoms with Gasteiger partial charge in [-0.05, 0) is 43.7 Å². The van der Waals surface area contributed by atoms with Crippen LogP contribution in [-0.4, -0.2) is 13.2 Å². The number of benzene rings is 1. The van der Waals surface area contributed by atoms with Crippen molar-refractivity contribution < 1.29 is 4.74 Å². The minimum atomic E-state index is -0.205. The van der Waals surface area contributed by atoms with Crippen LogP contribution in [0.5, 0.6) is 0 Å². The summed E-state index contributed by atoms with van der Waals surface area (Å²) in [7, 11) is 0. The molecule has 2 rings (SSSR count). The van der Waals surface area contributed by atoms with Crippen LogP contribution < -0.4 is 0 Å². The van der Waals surface area contributed by atoms with Crippen LogP contribution in [0.1, 0.15) is 30.9 Å². The second kappa shape index (κ2) is 5.33. The molecule has 2 heteroatoms. The molecule has 1 atom stereocenters. The predicted molar refractivity (Wildman–Crippen MR) is 67.6 cm³/mol. The predicted octanol–water partition coefficient (Wildman–Crippen LogP) is 3.11. The quantitative estimate of drug-likeness (QED) is 0.743. The highest BCUT2D eigenvalue weighted by atomic mass is 16.5. The van der Waals surface area contributed by atoms with Crippen molar-refractivity contribution in [1.29, 1.82) is 5.26 Å². The first-order valence-corrected chi connectivity index (χ1v) is 6.35. The number of rotatable bonds is 4. The first kappa shape index (κ1) is 12.1. The molecule has 2 nitrogen and oxygen atoms in total. The summed E-state index contributed by atoms with van der Waals surface area (Å²) in [4.78, 5) is 0. The van der Waals surface area contributed by atoms with Gasteiger partial charge in [0.05, 0.1) is 11.5 Å². The number of nitrogens with zero attached hydrogens (tertiary/aromatic N) is 1. The molecule has 0 N–H and O–H groups in total. The number of fused-ring (bicyclic) bond motifs is 1. The summed E-state index contributed by atoms with van der Waals surface area (Å²) in [5, 5.41) is 9.46. The zero-order chi connectivity index (χ0) is 12.1. The van der Waals surface area contributed by atoms with E-state index in [0.29, 0.717) is 6.61 Å². The number of nitriles is 1. The van der Waals surface area contributed by atoms with Gasteiger partial charge in [-0.15, -0.1) is 0 Å². The maximum atomic E-state index is 9.46. The third kappa shape index (κ3) is 2.68. The topological polar surface area (TPSA) is 33.0 Å². The Labute approximate surface area is 103 Å². The number of aryl methyl sites for hydroxylation is 1. The minimum Gasteiger partial charge on any atom is -0.382 e. The maximum absolute atomic E-state index is 9.46. The lowest BCUT2D eigenvalue weighted by molar-refractivity contribution is 0.114. The maximum Gasteiger partial charge on any atom is 0.0694 e. The van der Waals surface area contributed by atoms with Gasteiger partial charge in [0.2, 0.25) is 0 Å². The van der Waals surface area contributed by atoms with Crippen molar-refractivity contribution >= 4 is 0 Å². The highest BCUT2D eigenvalue weighted by Crippen LogP contribution is 2.37.